The lowest BCUT2D eigenvalue weighted by Crippen LogP contribution is -2.22. The van der Waals surface area contributed by atoms with Crippen molar-refractivity contribution in [2.45, 2.75) is 26.0 Å². The Kier molecular flexibility index (Phi) is 4.58. The van der Waals surface area contributed by atoms with Crippen molar-refractivity contribution in [2.75, 3.05) is 13.6 Å². The second-order valence-corrected chi connectivity index (χ2v) is 4.19. The van der Waals surface area contributed by atoms with Crippen LogP contribution < -0.4 is 0 Å². The third-order valence-electron chi connectivity index (χ3n) is 2.44. The van der Waals surface area contributed by atoms with Gasteiger partial charge in [0, 0.05) is 24.7 Å². The molecule has 1 aromatic carbocycles. The first kappa shape index (κ1) is 12.8. The fraction of sp³-hybridized carbons (Fsp3) is 0.500. The molecule has 90 valence electrons. The molecule has 1 unspecified atom stereocenters. The van der Waals surface area contributed by atoms with E-state index in [-0.39, 0.29) is 17.6 Å². The van der Waals surface area contributed by atoms with Gasteiger partial charge in [-0.25, -0.2) is 0 Å². The molecule has 1 aromatic rings. The number of rotatable bonds is 5. The number of aliphatic hydroxyl groups is 1. The molecule has 3 N–H and O–H groups in total. The molecule has 0 radical (unpaired) electrons. The number of aromatic hydroxyl groups is 2. The van der Waals surface area contributed by atoms with Gasteiger partial charge in [0.05, 0.1) is 6.10 Å². The van der Waals surface area contributed by atoms with E-state index in [1.165, 1.54) is 6.07 Å². The minimum absolute atomic E-state index is 0.0629. The lowest BCUT2D eigenvalue weighted by atomic mass is 10.1. The van der Waals surface area contributed by atoms with E-state index in [1.54, 1.807) is 19.1 Å². The number of aliphatic hydroxyl groups excluding tert-OH is 1. The van der Waals surface area contributed by atoms with E-state index in [0.717, 1.165) is 12.1 Å². The Morgan fingerprint density at radius 1 is 1.31 bits per heavy atom. The molecule has 4 nitrogen and oxygen atoms in total. The van der Waals surface area contributed by atoms with Gasteiger partial charge in [0.15, 0.2) is 0 Å². The van der Waals surface area contributed by atoms with Crippen molar-refractivity contribution in [2.24, 2.45) is 0 Å². The standard InChI is InChI=1S/C12H19NO3/c1-9(14)5-6-13(2)8-10-3-4-11(15)7-12(10)16/h3-4,7,9,14-16H,5-6,8H2,1-2H3. The van der Waals surface area contributed by atoms with Gasteiger partial charge in [0.25, 0.3) is 0 Å². The topological polar surface area (TPSA) is 63.9 Å². The maximum atomic E-state index is 9.58. The number of hydrogen-bond donors (Lipinski definition) is 3. The Bertz CT molecular complexity index is 339. The molecule has 1 atom stereocenters. The quantitative estimate of drug-likeness (QED) is 0.706. The van der Waals surface area contributed by atoms with Crippen molar-refractivity contribution in [1.82, 2.24) is 4.90 Å². The summed E-state index contributed by atoms with van der Waals surface area (Å²) in [6.07, 6.45) is 0.394. The molecule has 0 fully saturated rings. The maximum Gasteiger partial charge on any atom is 0.123 e. The highest BCUT2D eigenvalue weighted by Crippen LogP contribution is 2.23. The van der Waals surface area contributed by atoms with Crippen LogP contribution in [0, 0.1) is 0 Å². The highest BCUT2D eigenvalue weighted by molar-refractivity contribution is 5.38. The van der Waals surface area contributed by atoms with Crippen LogP contribution in [0.25, 0.3) is 0 Å². The predicted octanol–water partition coefficient (Wildman–Crippen LogP) is 1.30. The van der Waals surface area contributed by atoms with E-state index in [1.807, 2.05) is 11.9 Å². The smallest absolute Gasteiger partial charge is 0.123 e. The summed E-state index contributed by atoms with van der Waals surface area (Å²) in [5.41, 5.74) is 0.769. The molecular formula is C12H19NO3. The van der Waals surface area contributed by atoms with E-state index in [9.17, 15) is 5.11 Å². The highest BCUT2D eigenvalue weighted by Gasteiger charge is 2.06. The molecule has 4 heteroatoms. The third kappa shape index (κ3) is 4.08. The average Bonchev–Trinajstić information content (AvgIpc) is 2.19. The monoisotopic (exact) mass is 225 g/mol. The Morgan fingerprint density at radius 3 is 2.56 bits per heavy atom. The Labute approximate surface area is 95.8 Å². The van der Waals surface area contributed by atoms with Crippen molar-refractivity contribution in [3.8, 4) is 11.5 Å². The van der Waals surface area contributed by atoms with Gasteiger partial charge in [-0.05, 0) is 26.5 Å². The van der Waals surface area contributed by atoms with Crippen molar-refractivity contribution in [1.29, 1.82) is 0 Å². The summed E-state index contributed by atoms with van der Waals surface area (Å²) in [7, 11) is 1.93. The second kappa shape index (κ2) is 5.72. The van der Waals surface area contributed by atoms with Crippen molar-refractivity contribution in [3.63, 3.8) is 0 Å². The van der Waals surface area contributed by atoms with Crippen LogP contribution in [0.3, 0.4) is 0 Å². The number of hydrogen-bond acceptors (Lipinski definition) is 4. The van der Waals surface area contributed by atoms with Crippen LogP contribution in [-0.4, -0.2) is 39.9 Å². The van der Waals surface area contributed by atoms with Gasteiger partial charge in [-0.2, -0.15) is 0 Å². The molecule has 0 aliphatic heterocycles. The largest absolute Gasteiger partial charge is 0.508 e. The first-order valence-corrected chi connectivity index (χ1v) is 5.36. The molecule has 16 heavy (non-hydrogen) atoms. The van der Waals surface area contributed by atoms with Crippen LogP contribution in [0.2, 0.25) is 0 Å². The summed E-state index contributed by atoms with van der Waals surface area (Å²) in [5.74, 6) is 0.164. The summed E-state index contributed by atoms with van der Waals surface area (Å²) < 4.78 is 0. The van der Waals surface area contributed by atoms with E-state index in [0.29, 0.717) is 13.0 Å². The normalized spacial score (nSPS) is 13.0. The molecule has 0 aliphatic rings. The van der Waals surface area contributed by atoms with E-state index < -0.39 is 0 Å². The zero-order chi connectivity index (χ0) is 12.1. The van der Waals surface area contributed by atoms with Crippen LogP contribution in [0.4, 0.5) is 0 Å². The second-order valence-electron chi connectivity index (χ2n) is 4.19. The molecule has 0 amide bonds. The molecule has 0 saturated heterocycles. The first-order chi connectivity index (χ1) is 7.49. The fourth-order valence-corrected chi connectivity index (χ4v) is 1.46. The van der Waals surface area contributed by atoms with Crippen LogP contribution in [0.15, 0.2) is 18.2 Å². The minimum atomic E-state index is -0.309. The van der Waals surface area contributed by atoms with E-state index in [4.69, 9.17) is 10.2 Å². The van der Waals surface area contributed by atoms with Gasteiger partial charge >= 0.3 is 0 Å². The predicted molar refractivity (Wildman–Crippen MR) is 62.4 cm³/mol. The highest BCUT2D eigenvalue weighted by atomic mass is 16.3. The summed E-state index contributed by atoms with van der Waals surface area (Å²) in [6.45, 7) is 3.11. The Morgan fingerprint density at radius 2 is 2.00 bits per heavy atom. The fourth-order valence-electron chi connectivity index (χ4n) is 1.46. The number of phenols is 2. The zero-order valence-corrected chi connectivity index (χ0v) is 9.72. The van der Waals surface area contributed by atoms with Gasteiger partial charge in [0.2, 0.25) is 0 Å². The number of benzene rings is 1. The first-order valence-electron chi connectivity index (χ1n) is 5.36. The molecule has 0 spiro atoms. The summed E-state index contributed by atoms with van der Waals surface area (Å²) in [5, 5.41) is 27.9. The SMILES string of the molecule is CC(O)CCN(C)Cc1ccc(O)cc1O. The number of phenolic OH excluding ortho intramolecular Hbond substituents is 2. The Balaban J connectivity index is 2.52. The summed E-state index contributed by atoms with van der Waals surface area (Å²) in [4.78, 5) is 2.01. The number of nitrogens with zero attached hydrogens (tertiary/aromatic N) is 1. The van der Waals surface area contributed by atoms with Crippen molar-refractivity contribution >= 4 is 0 Å². The minimum Gasteiger partial charge on any atom is -0.508 e. The molecule has 0 heterocycles. The molecule has 0 aliphatic carbocycles. The van der Waals surface area contributed by atoms with Gasteiger partial charge in [0.1, 0.15) is 11.5 Å². The lowest BCUT2D eigenvalue weighted by Gasteiger charge is -2.18. The lowest BCUT2D eigenvalue weighted by molar-refractivity contribution is 0.162. The van der Waals surface area contributed by atoms with Crippen molar-refractivity contribution < 1.29 is 15.3 Å². The van der Waals surface area contributed by atoms with E-state index >= 15 is 0 Å². The van der Waals surface area contributed by atoms with Crippen molar-refractivity contribution in [3.05, 3.63) is 23.8 Å². The van der Waals surface area contributed by atoms with Crippen LogP contribution in [0.5, 0.6) is 11.5 Å². The average molecular weight is 225 g/mol. The van der Waals surface area contributed by atoms with E-state index in [2.05, 4.69) is 0 Å². The van der Waals surface area contributed by atoms with Crippen LogP contribution >= 0.6 is 0 Å². The molecule has 0 bridgehead atoms. The zero-order valence-electron chi connectivity index (χ0n) is 9.72. The third-order valence-corrected chi connectivity index (χ3v) is 2.44. The molecule has 0 saturated carbocycles. The molecule has 0 aromatic heterocycles. The Hall–Kier alpha value is -1.26. The maximum absolute atomic E-state index is 9.58. The van der Waals surface area contributed by atoms with Crippen LogP contribution in [-0.2, 0) is 6.54 Å². The van der Waals surface area contributed by atoms with Gasteiger partial charge in [-0.15, -0.1) is 0 Å². The van der Waals surface area contributed by atoms with Gasteiger partial charge < -0.3 is 20.2 Å². The molecular weight excluding hydrogens is 206 g/mol. The van der Waals surface area contributed by atoms with Crippen LogP contribution in [0.1, 0.15) is 18.9 Å². The summed E-state index contributed by atoms with van der Waals surface area (Å²) in [6, 6.07) is 4.58. The summed E-state index contributed by atoms with van der Waals surface area (Å²) >= 11 is 0. The van der Waals surface area contributed by atoms with Gasteiger partial charge in [-0.1, -0.05) is 6.07 Å². The van der Waals surface area contributed by atoms with Gasteiger partial charge in [-0.3, -0.25) is 0 Å². The molecule has 1 rings (SSSR count).